The minimum Gasteiger partial charge on any atom is -0.462 e. The first-order valence-electron chi connectivity index (χ1n) is 38.8. The third-order valence-corrected chi connectivity index (χ3v) is 36.5. The summed E-state index contributed by atoms with van der Waals surface area (Å²) < 4.78 is 79.4. The maximum atomic E-state index is 12.6. The van der Waals surface area contributed by atoms with Crippen molar-refractivity contribution in [3.05, 3.63) is 81.8 Å². The highest BCUT2D eigenvalue weighted by molar-refractivity contribution is 6.76. The van der Waals surface area contributed by atoms with E-state index in [-0.39, 0.29) is 84.4 Å². The van der Waals surface area contributed by atoms with Crippen molar-refractivity contribution in [2.24, 2.45) is 11.7 Å². The van der Waals surface area contributed by atoms with Gasteiger partial charge in [0.15, 0.2) is 40.1 Å². The average molecular weight is 1560 g/mol. The summed E-state index contributed by atoms with van der Waals surface area (Å²) in [7, 11) is -6.59. The van der Waals surface area contributed by atoms with E-state index in [1.807, 2.05) is 21.3 Å². The highest BCUT2D eigenvalue weighted by Gasteiger charge is 2.54. The minimum atomic E-state index is -2.02. The molecule has 0 radical (unpaired) electrons. The molecule has 5 saturated heterocycles. The van der Waals surface area contributed by atoms with Gasteiger partial charge in [-0.25, -0.2) is 9.97 Å². The van der Waals surface area contributed by atoms with Gasteiger partial charge < -0.3 is 62.0 Å². The van der Waals surface area contributed by atoms with E-state index in [1.165, 1.54) is 11.1 Å². The summed E-state index contributed by atoms with van der Waals surface area (Å²) in [6, 6.07) is 24.3. The van der Waals surface area contributed by atoms with E-state index in [1.54, 1.807) is 0 Å². The summed E-state index contributed by atoms with van der Waals surface area (Å²) in [4.78, 5) is 32.6. The van der Waals surface area contributed by atoms with Crippen molar-refractivity contribution >= 4 is 84.3 Å². The molecule has 8 atom stereocenters. The maximum absolute atomic E-state index is 12.6. The first-order chi connectivity index (χ1) is 49.6. The second-order valence-electron chi connectivity index (χ2n) is 36.1. The Kier molecular flexibility index (Phi) is 25.5. The molecule has 26 heteroatoms. The minimum absolute atomic E-state index is 0.0116. The number of esters is 1. The van der Waals surface area contributed by atoms with E-state index in [9.17, 15) is 4.79 Å². The molecule has 578 valence electrons. The largest absolute Gasteiger partial charge is 0.462 e. The van der Waals surface area contributed by atoms with Crippen molar-refractivity contribution in [2.45, 2.75) is 286 Å². The molecule has 2 N–H and O–H groups in total. The normalized spacial score (nSPS) is 26.4. The lowest BCUT2D eigenvalue weighted by atomic mass is 9.77. The first kappa shape index (κ1) is 80.3. The van der Waals surface area contributed by atoms with Gasteiger partial charge in [0, 0.05) is 65.8 Å². The van der Waals surface area contributed by atoms with E-state index in [4.69, 9.17) is 105 Å². The Bertz CT molecular complexity index is 3890. The molecule has 0 spiro atoms. The van der Waals surface area contributed by atoms with Crippen molar-refractivity contribution < 1.29 is 61.0 Å². The van der Waals surface area contributed by atoms with Gasteiger partial charge in [0.1, 0.15) is 55.0 Å². The van der Waals surface area contributed by atoms with Crippen molar-refractivity contribution in [2.75, 3.05) is 52.9 Å². The molecular weight excluding hydrogens is 1440 g/mol. The molecule has 7 aliphatic rings. The number of halogens is 2. The van der Waals surface area contributed by atoms with Gasteiger partial charge in [-0.3, -0.25) is 13.9 Å². The number of nitrogens with zero attached hydrogens (tertiary/aromatic N) is 6. The summed E-state index contributed by atoms with van der Waals surface area (Å²) in [5.74, 6) is 1.33. The van der Waals surface area contributed by atoms with Crippen LogP contribution < -0.4 is 15.2 Å². The number of ether oxygens (including phenoxy) is 10. The SMILES string of the molecule is CC(C)(C)[Si](C)(C)O[C@@H]1CO[C@H]2[C@@H]1OC[C@H]2Oc1nc2cc(Cl)c(-c3ccc(C4CCC(CC(=O)OC5CCOCC5)CC4)cc3)nc2n1COCC[Si](C)(C)C.CC(C)(C)[Si](C)(C)O[C@@H]1CO[C@H]2[C@@H]1OC[C@H]2Oc1nc2cc(Cl)c(-c3ccc(C4CCC(N)CC4)cc3)nc2n1COCC[Si](C)(C)C. The summed E-state index contributed by atoms with van der Waals surface area (Å²) >= 11 is 13.8. The monoisotopic (exact) mass is 1560 g/mol. The van der Waals surface area contributed by atoms with Gasteiger partial charge in [0.2, 0.25) is 0 Å². The molecule has 5 aliphatic heterocycles. The molecule has 0 amide bonds. The van der Waals surface area contributed by atoms with Gasteiger partial charge in [0.05, 0.1) is 73.3 Å². The number of imidazole rings is 2. The van der Waals surface area contributed by atoms with Gasteiger partial charge in [-0.15, -0.1) is 0 Å². The molecule has 4 aromatic heterocycles. The van der Waals surface area contributed by atoms with E-state index in [0.29, 0.717) is 139 Å². The Morgan fingerprint density at radius 1 is 0.524 bits per heavy atom. The zero-order valence-corrected chi connectivity index (χ0v) is 70.9. The summed E-state index contributed by atoms with van der Waals surface area (Å²) in [6.07, 6.45) is 8.91. The lowest BCUT2D eigenvalue weighted by Gasteiger charge is -2.39. The van der Waals surface area contributed by atoms with E-state index >= 15 is 0 Å². The smallest absolute Gasteiger partial charge is 0.306 e. The zero-order valence-electron chi connectivity index (χ0n) is 65.4. The number of nitrogens with two attached hydrogens (primary N) is 1. The van der Waals surface area contributed by atoms with Gasteiger partial charge >= 0.3 is 18.0 Å². The van der Waals surface area contributed by atoms with Crippen LogP contribution in [0.15, 0.2) is 60.7 Å². The predicted molar refractivity (Wildman–Crippen MR) is 425 cm³/mol. The number of rotatable bonds is 25. The van der Waals surface area contributed by atoms with Crippen LogP contribution in [0.3, 0.4) is 0 Å². The Morgan fingerprint density at radius 3 is 1.30 bits per heavy atom. The summed E-state index contributed by atoms with van der Waals surface area (Å²) in [5.41, 5.74) is 14.7. The fourth-order valence-electron chi connectivity index (χ4n) is 14.8. The Balaban J connectivity index is 0.000000200. The molecular formula is C79H119Cl2N7O13Si4. The number of fused-ring (bicyclic) bond motifs is 4. The second-order valence-corrected chi connectivity index (χ2v) is 57.7. The molecule has 2 aliphatic carbocycles. The van der Waals surface area contributed by atoms with Gasteiger partial charge in [-0.05, 0) is 141 Å². The summed E-state index contributed by atoms with van der Waals surface area (Å²) in [6.45, 7) is 41.5. The van der Waals surface area contributed by atoms with Crippen LogP contribution in [0.5, 0.6) is 12.0 Å². The number of carbonyl (C=O) groups is 1. The quantitative estimate of drug-likeness (QED) is 0.0320. The fourth-order valence-corrected chi connectivity index (χ4v) is 19.4. The van der Waals surface area contributed by atoms with Crippen LogP contribution in [0.4, 0.5) is 0 Å². The average Bonchev–Trinajstić information content (AvgIpc) is 1.61. The molecule has 7 fully saturated rings. The van der Waals surface area contributed by atoms with E-state index < -0.39 is 32.8 Å². The molecule has 2 aromatic carbocycles. The number of hydrogen-bond donors (Lipinski definition) is 1. The first-order valence-corrected chi connectivity index (χ1v) is 52.8. The Labute approximate surface area is 637 Å². The molecule has 20 nitrogen and oxygen atoms in total. The number of carbonyl (C=O) groups excluding carboxylic acids is 1. The van der Waals surface area contributed by atoms with Gasteiger partial charge in [-0.1, -0.05) is 153 Å². The highest BCUT2D eigenvalue weighted by Crippen LogP contribution is 2.45. The predicted octanol–water partition coefficient (Wildman–Crippen LogP) is 17.4. The molecule has 9 heterocycles. The molecule has 0 unspecified atom stereocenters. The second kappa shape index (κ2) is 33.4. The van der Waals surface area contributed by atoms with Crippen molar-refractivity contribution in [1.29, 1.82) is 0 Å². The third kappa shape index (κ3) is 19.8. The lowest BCUT2D eigenvalue weighted by Crippen LogP contribution is -2.47. The standard InChI is InChI=1S/C43H64ClN3O8Si2.C36H55ClN4O5Si2/c1-43(2,3)57(7,8)55-36-26-52-39-35(25-51-40(36)39)54-42-45-34-24-33(44)38(46-41(34)47(42)27-50-21-22-56(4,5)6)31-15-13-30(14-16-31)29-11-9-28(10-12-29)23-37(48)53-32-17-19-49-20-18-32;1-36(2,3)48(7,8)46-30-21-44-32-29(20-43-33(30)32)45-35-39-28-19-27(37)31(40-34(28)41(35)22-42-17-18-47(4,5)6)25-11-9-23(10-12-25)24-13-15-26(38)16-14-24/h13-16,24,28-29,32,35-36,39-40H,9-12,17-23,25-27H2,1-8H3;9-12,19,24,26,29-30,32-33H,13-18,20-22,38H2,1-8H3/t28?,29?,35-,36-,39-,40-;24?,26?,29-,30-,32-,33-/m11/s1. The number of benzene rings is 2. The summed E-state index contributed by atoms with van der Waals surface area (Å²) in [5, 5.41) is 1.25. The van der Waals surface area contributed by atoms with Crippen LogP contribution in [-0.4, -0.2) is 182 Å². The third-order valence-electron chi connectivity index (χ3n) is 23.5. The molecule has 6 aromatic rings. The van der Waals surface area contributed by atoms with Crippen molar-refractivity contribution in [3.8, 4) is 34.5 Å². The highest BCUT2D eigenvalue weighted by atomic mass is 35.5. The molecule has 2 saturated carbocycles. The number of hydrogen-bond acceptors (Lipinski definition) is 18. The van der Waals surface area contributed by atoms with Crippen LogP contribution in [0.25, 0.3) is 44.8 Å². The fraction of sp³-hybridized carbons (Fsp3) is 0.684. The van der Waals surface area contributed by atoms with Gasteiger partial charge in [0.25, 0.3) is 0 Å². The molecule has 105 heavy (non-hydrogen) atoms. The van der Waals surface area contributed by atoms with Crippen LogP contribution in [0.2, 0.25) is 97.7 Å². The molecule has 13 rings (SSSR count). The maximum Gasteiger partial charge on any atom is 0.306 e. The van der Waals surface area contributed by atoms with Crippen LogP contribution in [0.1, 0.15) is 135 Å². The Hall–Kier alpha value is -4.20. The number of aromatic nitrogens is 6. The topological polar surface area (TPSA) is 215 Å². The van der Waals surface area contributed by atoms with E-state index in [2.05, 4.69) is 156 Å². The van der Waals surface area contributed by atoms with Crippen molar-refractivity contribution in [1.82, 2.24) is 29.1 Å². The van der Waals surface area contributed by atoms with Crippen LogP contribution in [-0.2, 0) is 65.0 Å². The van der Waals surface area contributed by atoms with Crippen molar-refractivity contribution in [3.63, 3.8) is 0 Å². The Morgan fingerprint density at radius 2 is 0.905 bits per heavy atom. The number of pyridine rings is 2. The molecule has 0 bridgehead atoms. The van der Waals surface area contributed by atoms with Crippen LogP contribution >= 0.6 is 23.2 Å². The lowest BCUT2D eigenvalue weighted by molar-refractivity contribution is -0.154. The zero-order chi connectivity index (χ0) is 75.0. The van der Waals surface area contributed by atoms with Crippen LogP contribution in [0, 0.1) is 5.92 Å². The van der Waals surface area contributed by atoms with E-state index in [0.717, 1.165) is 87.4 Å². The van der Waals surface area contributed by atoms with Gasteiger partial charge in [-0.2, -0.15) is 9.97 Å².